The van der Waals surface area contributed by atoms with Crippen LogP contribution in [-0.4, -0.2) is 5.97 Å². The summed E-state index contributed by atoms with van der Waals surface area (Å²) in [7, 11) is 0. The van der Waals surface area contributed by atoms with Crippen LogP contribution >= 0.6 is 0 Å². The molecule has 1 aromatic rings. The van der Waals surface area contributed by atoms with Crippen molar-refractivity contribution in [3.05, 3.63) is 30.3 Å². The predicted molar refractivity (Wildman–Crippen MR) is 46.9 cm³/mol. The van der Waals surface area contributed by atoms with Crippen LogP contribution in [0.4, 0.5) is 0 Å². The summed E-state index contributed by atoms with van der Waals surface area (Å²) in [5.74, 6) is 0.336. The number of ether oxygens (including phenoxy) is 1. The molecule has 0 unspecified atom stereocenters. The summed E-state index contributed by atoms with van der Waals surface area (Å²) in [4.78, 5) is 11.1. The van der Waals surface area contributed by atoms with Gasteiger partial charge in [-0.1, -0.05) is 32.0 Å². The Morgan fingerprint density at radius 1 is 1.25 bits per heavy atom. The number of hydrogen-bond donors (Lipinski definition) is 0. The van der Waals surface area contributed by atoms with E-state index in [9.17, 15) is 4.79 Å². The van der Waals surface area contributed by atoms with Crippen LogP contribution in [0.25, 0.3) is 0 Å². The Bertz CT molecular complexity index is 252. The highest BCUT2D eigenvalue weighted by molar-refractivity contribution is 5.74. The zero-order valence-electron chi connectivity index (χ0n) is 7.28. The molecule has 2 heteroatoms. The van der Waals surface area contributed by atoms with E-state index in [0.717, 1.165) is 0 Å². The molecule has 0 amide bonds. The number of para-hydroxylation sites is 1. The van der Waals surface area contributed by atoms with Crippen LogP contribution in [0.3, 0.4) is 0 Å². The number of carbonyl (C=O) groups excluding carboxylic acids is 1. The van der Waals surface area contributed by atoms with Gasteiger partial charge in [0.05, 0.1) is 5.92 Å². The van der Waals surface area contributed by atoms with Crippen molar-refractivity contribution >= 4 is 5.97 Å². The van der Waals surface area contributed by atoms with Gasteiger partial charge in [0, 0.05) is 0 Å². The van der Waals surface area contributed by atoms with E-state index in [4.69, 9.17) is 4.74 Å². The SMILES string of the molecule is CC(C)C(=O)Oc1ccccc1. The summed E-state index contributed by atoms with van der Waals surface area (Å²) in [5.41, 5.74) is 0. The number of hydrogen-bond acceptors (Lipinski definition) is 2. The lowest BCUT2D eigenvalue weighted by Crippen LogP contribution is -2.14. The van der Waals surface area contributed by atoms with Crippen LogP contribution in [0, 0.1) is 5.92 Å². The Balaban J connectivity index is 2.59. The van der Waals surface area contributed by atoms with Gasteiger partial charge in [0.15, 0.2) is 0 Å². The third kappa shape index (κ3) is 2.38. The van der Waals surface area contributed by atoms with Gasteiger partial charge in [-0.05, 0) is 12.1 Å². The summed E-state index contributed by atoms with van der Waals surface area (Å²) in [6.07, 6.45) is 0. The molecule has 64 valence electrons. The fourth-order valence-corrected chi connectivity index (χ4v) is 0.723. The van der Waals surface area contributed by atoms with Crippen molar-refractivity contribution in [2.24, 2.45) is 5.92 Å². The van der Waals surface area contributed by atoms with Gasteiger partial charge in [0.2, 0.25) is 0 Å². The lowest BCUT2D eigenvalue weighted by Gasteiger charge is -2.05. The normalized spacial score (nSPS) is 9.92. The molecule has 1 rings (SSSR count). The maximum absolute atomic E-state index is 11.1. The van der Waals surface area contributed by atoms with E-state index in [1.807, 2.05) is 32.0 Å². The van der Waals surface area contributed by atoms with Gasteiger partial charge in [-0.25, -0.2) is 0 Å². The van der Waals surface area contributed by atoms with Crippen LogP contribution in [0.15, 0.2) is 30.3 Å². The van der Waals surface area contributed by atoms with Crippen LogP contribution in [0.2, 0.25) is 0 Å². The predicted octanol–water partition coefficient (Wildman–Crippen LogP) is 2.25. The molecule has 0 saturated heterocycles. The van der Waals surface area contributed by atoms with E-state index in [1.54, 1.807) is 12.1 Å². The van der Waals surface area contributed by atoms with E-state index in [2.05, 4.69) is 0 Å². The van der Waals surface area contributed by atoms with E-state index in [0.29, 0.717) is 5.75 Å². The maximum atomic E-state index is 11.1. The number of esters is 1. The van der Waals surface area contributed by atoms with Crippen molar-refractivity contribution < 1.29 is 9.53 Å². The minimum absolute atomic E-state index is 0.0785. The summed E-state index contributed by atoms with van der Waals surface area (Å²) < 4.78 is 5.04. The number of carbonyl (C=O) groups is 1. The van der Waals surface area contributed by atoms with Gasteiger partial charge < -0.3 is 4.74 Å². The summed E-state index contributed by atoms with van der Waals surface area (Å²) in [5, 5.41) is 0. The third-order valence-electron chi connectivity index (χ3n) is 1.43. The molecule has 0 aromatic heterocycles. The Morgan fingerprint density at radius 3 is 2.33 bits per heavy atom. The van der Waals surface area contributed by atoms with Gasteiger partial charge in [0.1, 0.15) is 5.75 Å². The van der Waals surface area contributed by atoms with E-state index >= 15 is 0 Å². The van der Waals surface area contributed by atoms with Gasteiger partial charge >= 0.3 is 5.97 Å². The van der Waals surface area contributed by atoms with Gasteiger partial charge in [-0.15, -0.1) is 0 Å². The molecule has 0 aliphatic carbocycles. The molecule has 12 heavy (non-hydrogen) atoms. The quantitative estimate of drug-likeness (QED) is 0.495. The molecular formula is C10H12O2. The first-order valence-corrected chi connectivity index (χ1v) is 3.97. The molecule has 0 aliphatic heterocycles. The van der Waals surface area contributed by atoms with E-state index < -0.39 is 0 Å². The highest BCUT2D eigenvalue weighted by Crippen LogP contribution is 2.10. The highest BCUT2D eigenvalue weighted by Gasteiger charge is 2.08. The molecule has 0 heterocycles. The van der Waals surface area contributed by atoms with Gasteiger partial charge in [-0.3, -0.25) is 4.79 Å². The highest BCUT2D eigenvalue weighted by atomic mass is 16.5. The minimum atomic E-state index is -0.193. The summed E-state index contributed by atoms with van der Waals surface area (Å²) >= 11 is 0. The minimum Gasteiger partial charge on any atom is -0.426 e. The van der Waals surface area contributed by atoms with Crippen LogP contribution in [0.1, 0.15) is 13.8 Å². The fourth-order valence-electron chi connectivity index (χ4n) is 0.723. The molecule has 0 fully saturated rings. The maximum Gasteiger partial charge on any atom is 0.313 e. The molecule has 1 aromatic carbocycles. The molecule has 0 N–H and O–H groups in total. The standard InChI is InChI=1S/C10H12O2/c1-8(2)10(11)12-9-6-4-3-5-7-9/h3-8H,1-2H3. The smallest absolute Gasteiger partial charge is 0.313 e. The van der Waals surface area contributed by atoms with E-state index in [-0.39, 0.29) is 11.9 Å². The molecule has 2 nitrogen and oxygen atoms in total. The van der Waals surface area contributed by atoms with Crippen molar-refractivity contribution in [2.45, 2.75) is 13.8 Å². The molecular weight excluding hydrogens is 152 g/mol. The average Bonchev–Trinajstić information content (AvgIpc) is 2.06. The average molecular weight is 164 g/mol. The molecule has 0 saturated carbocycles. The summed E-state index contributed by atoms with van der Waals surface area (Å²) in [6.45, 7) is 3.62. The topological polar surface area (TPSA) is 26.3 Å². The van der Waals surface area contributed by atoms with Crippen molar-refractivity contribution in [3.8, 4) is 5.75 Å². The first-order chi connectivity index (χ1) is 5.70. The second-order valence-electron chi connectivity index (χ2n) is 2.89. The fraction of sp³-hybridized carbons (Fsp3) is 0.300. The molecule has 0 radical (unpaired) electrons. The van der Waals surface area contributed by atoms with E-state index in [1.165, 1.54) is 0 Å². The Labute approximate surface area is 72.2 Å². The molecule has 0 bridgehead atoms. The second kappa shape index (κ2) is 3.90. The molecule has 0 spiro atoms. The lowest BCUT2D eigenvalue weighted by atomic mass is 10.2. The number of benzene rings is 1. The lowest BCUT2D eigenvalue weighted by molar-refractivity contribution is -0.137. The summed E-state index contributed by atoms with van der Waals surface area (Å²) in [6, 6.07) is 9.08. The van der Waals surface area contributed by atoms with Crippen molar-refractivity contribution in [1.29, 1.82) is 0 Å². The second-order valence-corrected chi connectivity index (χ2v) is 2.89. The molecule has 0 atom stereocenters. The van der Waals surface area contributed by atoms with Crippen molar-refractivity contribution in [1.82, 2.24) is 0 Å². The zero-order valence-corrected chi connectivity index (χ0v) is 7.28. The largest absolute Gasteiger partial charge is 0.426 e. The zero-order chi connectivity index (χ0) is 8.97. The monoisotopic (exact) mass is 164 g/mol. The van der Waals surface area contributed by atoms with Gasteiger partial charge in [-0.2, -0.15) is 0 Å². The third-order valence-corrected chi connectivity index (χ3v) is 1.43. The van der Waals surface area contributed by atoms with Crippen LogP contribution < -0.4 is 4.74 Å². The Morgan fingerprint density at radius 2 is 1.83 bits per heavy atom. The first kappa shape index (κ1) is 8.78. The Kier molecular flexibility index (Phi) is 2.86. The van der Waals surface area contributed by atoms with Crippen LogP contribution in [-0.2, 0) is 4.79 Å². The van der Waals surface area contributed by atoms with Crippen LogP contribution in [0.5, 0.6) is 5.75 Å². The van der Waals surface area contributed by atoms with Crippen molar-refractivity contribution in [3.63, 3.8) is 0 Å². The Hall–Kier alpha value is -1.31. The van der Waals surface area contributed by atoms with Crippen molar-refractivity contribution in [2.75, 3.05) is 0 Å². The number of rotatable bonds is 2. The van der Waals surface area contributed by atoms with Gasteiger partial charge in [0.25, 0.3) is 0 Å². The first-order valence-electron chi connectivity index (χ1n) is 3.97. The molecule has 0 aliphatic rings.